The number of rotatable bonds is 13. The molecule has 1 saturated carbocycles. The van der Waals surface area contributed by atoms with Gasteiger partial charge in [0.25, 0.3) is 10.0 Å². The highest BCUT2D eigenvalue weighted by Crippen LogP contribution is 2.27. The fraction of sp³-hybridized carbons (Fsp3) is 0.375. The van der Waals surface area contributed by atoms with E-state index < -0.39 is 34.3 Å². The molecule has 0 heterocycles. The molecule has 1 fully saturated rings. The number of benzene rings is 3. The summed E-state index contributed by atoms with van der Waals surface area (Å²) in [6, 6.07) is 17.0. The van der Waals surface area contributed by atoms with Gasteiger partial charge in [-0.15, -0.1) is 0 Å². The zero-order valence-electron chi connectivity index (χ0n) is 24.7. The van der Waals surface area contributed by atoms with E-state index >= 15 is 0 Å². The van der Waals surface area contributed by atoms with Gasteiger partial charge in [0.05, 0.1) is 24.3 Å². The van der Waals surface area contributed by atoms with Crippen LogP contribution < -0.4 is 19.1 Å². The standard InChI is InChI=1S/C32H38FN3O6S/c1-4-42-28-16-14-27(15-17-28)36(43(39,40)30-18-12-25(33)13-19-30)22-31(37)35(21-24-8-7-11-29(20-24)41-3)23(2)32(38)34-26-9-5-6-10-26/h7-8,11-20,23,26H,4-6,9-10,21-22H2,1-3H3,(H,34,38)/t23-/m0/s1. The van der Waals surface area contributed by atoms with Crippen molar-refractivity contribution in [2.75, 3.05) is 24.6 Å². The molecule has 1 aliphatic rings. The molecule has 9 nitrogen and oxygen atoms in total. The van der Waals surface area contributed by atoms with E-state index in [9.17, 15) is 22.4 Å². The number of nitrogens with zero attached hydrogens (tertiary/aromatic N) is 2. The highest BCUT2D eigenvalue weighted by atomic mass is 32.2. The Bertz CT molecular complexity index is 1490. The average Bonchev–Trinajstić information content (AvgIpc) is 3.52. The van der Waals surface area contributed by atoms with E-state index in [2.05, 4.69) is 5.32 Å². The third-order valence-electron chi connectivity index (χ3n) is 7.47. The summed E-state index contributed by atoms with van der Waals surface area (Å²) in [7, 11) is -2.78. The number of halogens is 1. The molecule has 0 spiro atoms. The maximum Gasteiger partial charge on any atom is 0.264 e. The summed E-state index contributed by atoms with van der Waals surface area (Å²) in [6.07, 6.45) is 3.82. The van der Waals surface area contributed by atoms with Crippen molar-refractivity contribution in [2.45, 2.75) is 63.1 Å². The molecule has 4 rings (SSSR count). The lowest BCUT2D eigenvalue weighted by Crippen LogP contribution is -2.52. The number of anilines is 1. The lowest BCUT2D eigenvalue weighted by Gasteiger charge is -2.32. The van der Waals surface area contributed by atoms with Gasteiger partial charge in [-0.3, -0.25) is 13.9 Å². The van der Waals surface area contributed by atoms with Crippen molar-refractivity contribution >= 4 is 27.5 Å². The van der Waals surface area contributed by atoms with E-state index in [0.717, 1.165) is 54.3 Å². The lowest BCUT2D eigenvalue weighted by molar-refractivity contribution is -0.139. The van der Waals surface area contributed by atoms with Crippen LogP contribution in [0.5, 0.6) is 11.5 Å². The fourth-order valence-corrected chi connectivity index (χ4v) is 6.49. The third kappa shape index (κ3) is 8.04. The number of amides is 2. The van der Waals surface area contributed by atoms with Crippen molar-refractivity contribution in [1.82, 2.24) is 10.2 Å². The van der Waals surface area contributed by atoms with Crippen LogP contribution in [0.1, 0.15) is 45.1 Å². The maximum absolute atomic E-state index is 14.1. The summed E-state index contributed by atoms with van der Waals surface area (Å²) >= 11 is 0. The van der Waals surface area contributed by atoms with Gasteiger partial charge in [-0.2, -0.15) is 0 Å². The number of hydrogen-bond acceptors (Lipinski definition) is 6. The first-order chi connectivity index (χ1) is 20.6. The van der Waals surface area contributed by atoms with E-state index in [-0.39, 0.29) is 29.1 Å². The van der Waals surface area contributed by atoms with Gasteiger partial charge in [0.2, 0.25) is 11.8 Å². The number of carbonyl (C=O) groups is 2. The Morgan fingerprint density at radius 3 is 2.30 bits per heavy atom. The minimum Gasteiger partial charge on any atom is -0.497 e. The molecule has 0 aromatic heterocycles. The van der Waals surface area contributed by atoms with E-state index in [1.54, 1.807) is 49.4 Å². The molecule has 3 aromatic carbocycles. The molecule has 11 heteroatoms. The molecule has 0 bridgehead atoms. The van der Waals surface area contributed by atoms with Crippen LogP contribution in [-0.2, 0) is 26.2 Å². The molecule has 1 aliphatic carbocycles. The Kier molecular flexibility index (Phi) is 10.6. The van der Waals surface area contributed by atoms with Crippen LogP contribution in [0.2, 0.25) is 0 Å². The molecule has 0 radical (unpaired) electrons. The SMILES string of the molecule is CCOc1ccc(N(CC(=O)N(Cc2cccc(OC)c2)[C@@H](C)C(=O)NC2CCCC2)S(=O)(=O)c2ccc(F)cc2)cc1. The molecule has 3 aromatic rings. The summed E-state index contributed by atoms with van der Waals surface area (Å²) in [5, 5.41) is 3.05. The van der Waals surface area contributed by atoms with Crippen molar-refractivity contribution < 1.29 is 31.9 Å². The number of carbonyl (C=O) groups excluding carboxylic acids is 2. The predicted octanol–water partition coefficient (Wildman–Crippen LogP) is 4.90. The van der Waals surface area contributed by atoms with Crippen LogP contribution >= 0.6 is 0 Å². The van der Waals surface area contributed by atoms with Crippen molar-refractivity contribution in [3.63, 3.8) is 0 Å². The molecule has 0 aliphatic heterocycles. The predicted molar refractivity (Wildman–Crippen MR) is 162 cm³/mol. The van der Waals surface area contributed by atoms with Crippen LogP contribution in [0.4, 0.5) is 10.1 Å². The smallest absolute Gasteiger partial charge is 0.264 e. The normalized spacial score (nSPS) is 14.1. The van der Waals surface area contributed by atoms with E-state index in [1.165, 1.54) is 12.0 Å². The summed E-state index contributed by atoms with van der Waals surface area (Å²) in [5.41, 5.74) is 0.924. The van der Waals surface area contributed by atoms with Crippen LogP contribution in [-0.4, -0.2) is 57.5 Å². The van der Waals surface area contributed by atoms with Crippen LogP contribution in [0.25, 0.3) is 0 Å². The Hall–Kier alpha value is -4.12. The van der Waals surface area contributed by atoms with Gasteiger partial charge < -0.3 is 19.7 Å². The maximum atomic E-state index is 14.1. The summed E-state index contributed by atoms with van der Waals surface area (Å²) < 4.78 is 53.3. The van der Waals surface area contributed by atoms with E-state index in [0.29, 0.717) is 23.7 Å². The summed E-state index contributed by atoms with van der Waals surface area (Å²) in [4.78, 5) is 28.6. The first-order valence-corrected chi connectivity index (χ1v) is 15.8. The number of methoxy groups -OCH3 is 1. The second-order valence-electron chi connectivity index (χ2n) is 10.4. The first-order valence-electron chi connectivity index (χ1n) is 14.4. The topological polar surface area (TPSA) is 105 Å². The van der Waals surface area contributed by atoms with Gasteiger partial charge in [0.1, 0.15) is 29.9 Å². The molecule has 230 valence electrons. The Morgan fingerprint density at radius 2 is 1.67 bits per heavy atom. The minimum absolute atomic E-state index is 0.0444. The third-order valence-corrected chi connectivity index (χ3v) is 9.26. The number of nitrogens with one attached hydrogen (secondary N) is 1. The molecular formula is C32H38FN3O6S. The zero-order chi connectivity index (χ0) is 31.0. The Morgan fingerprint density at radius 1 is 1.00 bits per heavy atom. The first kappa shape index (κ1) is 31.8. The van der Waals surface area contributed by atoms with Gasteiger partial charge in [0.15, 0.2) is 0 Å². The van der Waals surface area contributed by atoms with E-state index in [4.69, 9.17) is 9.47 Å². The lowest BCUT2D eigenvalue weighted by atomic mass is 10.1. The van der Waals surface area contributed by atoms with Crippen molar-refractivity contribution in [3.8, 4) is 11.5 Å². The van der Waals surface area contributed by atoms with Gasteiger partial charge >= 0.3 is 0 Å². The van der Waals surface area contributed by atoms with Gasteiger partial charge in [-0.25, -0.2) is 12.8 Å². The quantitative estimate of drug-likeness (QED) is 0.295. The van der Waals surface area contributed by atoms with Gasteiger partial charge in [-0.1, -0.05) is 25.0 Å². The molecule has 1 N–H and O–H groups in total. The van der Waals surface area contributed by atoms with Crippen molar-refractivity contribution in [3.05, 3.63) is 84.2 Å². The minimum atomic E-state index is -4.31. The van der Waals surface area contributed by atoms with Crippen molar-refractivity contribution in [2.24, 2.45) is 0 Å². The second kappa shape index (κ2) is 14.4. The number of hydrogen-bond donors (Lipinski definition) is 1. The summed E-state index contributed by atoms with van der Waals surface area (Å²) in [6.45, 7) is 3.34. The Labute approximate surface area is 252 Å². The van der Waals surface area contributed by atoms with Crippen LogP contribution in [0.15, 0.2) is 77.7 Å². The second-order valence-corrected chi connectivity index (χ2v) is 12.3. The van der Waals surface area contributed by atoms with Gasteiger partial charge in [-0.05, 0) is 92.9 Å². The van der Waals surface area contributed by atoms with E-state index in [1.807, 2.05) is 13.0 Å². The zero-order valence-corrected chi connectivity index (χ0v) is 25.5. The highest BCUT2D eigenvalue weighted by Gasteiger charge is 2.33. The highest BCUT2D eigenvalue weighted by molar-refractivity contribution is 7.92. The van der Waals surface area contributed by atoms with Gasteiger partial charge in [0, 0.05) is 12.6 Å². The monoisotopic (exact) mass is 611 g/mol. The molecule has 2 amide bonds. The summed E-state index contributed by atoms with van der Waals surface area (Å²) in [5.74, 6) is -0.362. The molecule has 0 unspecified atom stereocenters. The van der Waals surface area contributed by atoms with Crippen LogP contribution in [0, 0.1) is 5.82 Å². The largest absolute Gasteiger partial charge is 0.497 e. The number of ether oxygens (including phenoxy) is 2. The van der Waals surface area contributed by atoms with Crippen LogP contribution in [0.3, 0.4) is 0 Å². The molecule has 43 heavy (non-hydrogen) atoms. The fourth-order valence-electron chi connectivity index (χ4n) is 5.08. The number of sulfonamides is 1. The average molecular weight is 612 g/mol. The molecular weight excluding hydrogens is 573 g/mol. The molecule has 0 saturated heterocycles. The molecule has 1 atom stereocenters. The Balaban J connectivity index is 1.69. The van der Waals surface area contributed by atoms with Crippen molar-refractivity contribution in [1.29, 1.82) is 0 Å².